The van der Waals surface area contributed by atoms with Crippen molar-refractivity contribution in [1.82, 2.24) is 19.9 Å². The summed E-state index contributed by atoms with van der Waals surface area (Å²) in [5, 5.41) is 3.40. The fourth-order valence-corrected chi connectivity index (χ4v) is 4.91. The fourth-order valence-electron chi connectivity index (χ4n) is 4.91. The van der Waals surface area contributed by atoms with E-state index in [1.165, 1.54) is 38.5 Å². The quantitative estimate of drug-likeness (QED) is 0.540. The van der Waals surface area contributed by atoms with Gasteiger partial charge in [0, 0.05) is 49.4 Å². The molecule has 172 valence electrons. The van der Waals surface area contributed by atoms with Crippen LogP contribution in [0.5, 0.6) is 0 Å². The van der Waals surface area contributed by atoms with E-state index in [4.69, 9.17) is 14.4 Å². The Morgan fingerprint density at radius 2 is 2.00 bits per heavy atom. The molecule has 1 aliphatic heterocycles. The van der Waals surface area contributed by atoms with Crippen LogP contribution >= 0.6 is 0 Å². The number of aromatic nitrogens is 3. The molecule has 1 aromatic carbocycles. The smallest absolute Gasteiger partial charge is 0.229 e. The number of nitrogens with zero attached hydrogens (tertiary/aromatic N) is 5. The molecular weight excluding hydrogens is 416 g/mol. The van der Waals surface area contributed by atoms with Crippen LogP contribution in [0.4, 0.5) is 17.5 Å². The average Bonchev–Trinajstić information content (AvgIpc) is 3.40. The van der Waals surface area contributed by atoms with Gasteiger partial charge in [0.2, 0.25) is 5.95 Å². The summed E-state index contributed by atoms with van der Waals surface area (Å²) in [5.74, 6) is 2.34. The average molecular weight is 447 g/mol. The normalized spacial score (nSPS) is 16.9. The number of oxazole rings is 1. The lowest BCUT2D eigenvalue weighted by atomic mass is 9.94. The highest BCUT2D eigenvalue weighted by molar-refractivity contribution is 5.64. The Kier molecular flexibility index (Phi) is 6.35. The van der Waals surface area contributed by atoms with Gasteiger partial charge in [0.15, 0.2) is 12.2 Å². The summed E-state index contributed by atoms with van der Waals surface area (Å²) < 4.78 is 5.38. The zero-order valence-electron chi connectivity index (χ0n) is 19.0. The first-order valence-electron chi connectivity index (χ1n) is 11.8. The number of hydrogen-bond acceptors (Lipinski definition) is 8. The molecule has 0 unspecified atom stereocenters. The predicted molar refractivity (Wildman–Crippen MR) is 128 cm³/mol. The molecule has 1 saturated carbocycles. The fraction of sp³-hybridized carbons (Fsp3) is 0.440. The second kappa shape index (κ2) is 9.70. The largest absolute Gasteiger partial charge is 0.444 e. The van der Waals surface area contributed by atoms with E-state index in [0.29, 0.717) is 25.1 Å². The molecule has 0 amide bonds. The molecule has 5 rings (SSSR count). The molecule has 2 aliphatic rings. The second-order valence-corrected chi connectivity index (χ2v) is 8.92. The van der Waals surface area contributed by atoms with Crippen LogP contribution in [-0.2, 0) is 17.8 Å². The maximum absolute atomic E-state index is 11.1. The molecule has 1 fully saturated rings. The molecule has 0 bridgehead atoms. The van der Waals surface area contributed by atoms with E-state index < -0.39 is 0 Å². The lowest BCUT2D eigenvalue weighted by Gasteiger charge is -2.36. The number of anilines is 3. The lowest BCUT2D eigenvalue weighted by molar-refractivity contribution is -0.109. The summed E-state index contributed by atoms with van der Waals surface area (Å²) in [7, 11) is 2.16. The lowest BCUT2D eigenvalue weighted by Crippen LogP contribution is -2.38. The third kappa shape index (κ3) is 4.75. The Hall–Kier alpha value is -3.26. The van der Waals surface area contributed by atoms with Gasteiger partial charge in [0.25, 0.3) is 0 Å². The molecule has 8 heteroatoms. The van der Waals surface area contributed by atoms with Crippen molar-refractivity contribution < 1.29 is 9.21 Å². The van der Waals surface area contributed by atoms with Gasteiger partial charge in [-0.25, -0.2) is 9.97 Å². The first-order valence-corrected chi connectivity index (χ1v) is 11.8. The van der Waals surface area contributed by atoms with Gasteiger partial charge in [-0.15, -0.1) is 0 Å². The van der Waals surface area contributed by atoms with Gasteiger partial charge in [0.05, 0.1) is 18.4 Å². The van der Waals surface area contributed by atoms with E-state index >= 15 is 0 Å². The molecule has 8 nitrogen and oxygen atoms in total. The summed E-state index contributed by atoms with van der Waals surface area (Å²) in [6, 6.07) is 8.48. The number of rotatable bonds is 7. The van der Waals surface area contributed by atoms with E-state index in [2.05, 4.69) is 27.1 Å². The Morgan fingerprint density at radius 3 is 2.73 bits per heavy atom. The highest BCUT2D eigenvalue weighted by Gasteiger charge is 2.27. The third-order valence-corrected chi connectivity index (χ3v) is 6.76. The minimum Gasteiger partial charge on any atom is -0.444 e. The van der Waals surface area contributed by atoms with Crippen molar-refractivity contribution >= 4 is 23.7 Å². The third-order valence-electron chi connectivity index (χ3n) is 6.76. The van der Waals surface area contributed by atoms with Gasteiger partial charge >= 0.3 is 0 Å². The maximum atomic E-state index is 11.1. The topological polar surface area (TPSA) is 87.4 Å². The Morgan fingerprint density at radius 1 is 1.18 bits per heavy atom. The van der Waals surface area contributed by atoms with E-state index in [1.807, 2.05) is 24.3 Å². The first-order chi connectivity index (χ1) is 16.2. The van der Waals surface area contributed by atoms with E-state index in [1.54, 1.807) is 6.20 Å². The summed E-state index contributed by atoms with van der Waals surface area (Å²) >= 11 is 0. The minimum atomic E-state index is 0.448. The number of hydrogen-bond donors (Lipinski definition) is 1. The Balaban J connectivity index is 1.43. The van der Waals surface area contributed by atoms with E-state index in [-0.39, 0.29) is 0 Å². The SMILES string of the molecule is CN(c1nc(Nc2ccc(-c3cnco3)cc2)nc2c1CN(CC=O)CC2)C1CCCCC1. The molecule has 1 N–H and O–H groups in total. The molecule has 1 aliphatic carbocycles. The van der Waals surface area contributed by atoms with Crippen LogP contribution in [0.2, 0.25) is 0 Å². The van der Waals surface area contributed by atoms with Crippen molar-refractivity contribution in [2.24, 2.45) is 0 Å². The van der Waals surface area contributed by atoms with Crippen LogP contribution in [0.3, 0.4) is 0 Å². The van der Waals surface area contributed by atoms with Gasteiger partial charge in [0.1, 0.15) is 12.1 Å². The van der Waals surface area contributed by atoms with Crippen molar-refractivity contribution in [1.29, 1.82) is 0 Å². The van der Waals surface area contributed by atoms with Gasteiger partial charge in [-0.2, -0.15) is 4.98 Å². The number of fused-ring (bicyclic) bond motifs is 1. The predicted octanol–water partition coefficient (Wildman–Crippen LogP) is 4.20. The van der Waals surface area contributed by atoms with Gasteiger partial charge in [-0.3, -0.25) is 4.90 Å². The number of benzene rings is 1. The van der Waals surface area contributed by atoms with Crippen LogP contribution < -0.4 is 10.2 Å². The highest BCUT2D eigenvalue weighted by atomic mass is 16.3. The molecular formula is C25H30N6O2. The molecule has 2 aromatic heterocycles. The van der Waals surface area contributed by atoms with E-state index in [0.717, 1.165) is 53.3 Å². The monoisotopic (exact) mass is 446 g/mol. The molecule has 0 spiro atoms. The van der Waals surface area contributed by atoms with Crippen LogP contribution in [0, 0.1) is 0 Å². The van der Waals surface area contributed by atoms with Gasteiger partial charge in [-0.05, 0) is 37.1 Å². The number of carbonyl (C=O) groups is 1. The van der Waals surface area contributed by atoms with Gasteiger partial charge < -0.3 is 19.4 Å². The number of carbonyl (C=O) groups excluding carboxylic acids is 1. The minimum absolute atomic E-state index is 0.448. The molecule has 0 saturated heterocycles. The van der Waals surface area contributed by atoms with Crippen molar-refractivity contribution in [2.75, 3.05) is 30.4 Å². The molecule has 33 heavy (non-hydrogen) atoms. The molecule has 3 heterocycles. The number of nitrogens with one attached hydrogen (secondary N) is 1. The zero-order chi connectivity index (χ0) is 22.6. The van der Waals surface area contributed by atoms with Gasteiger partial charge in [-0.1, -0.05) is 19.3 Å². The van der Waals surface area contributed by atoms with E-state index in [9.17, 15) is 4.79 Å². The summed E-state index contributed by atoms with van der Waals surface area (Å²) in [4.78, 5) is 29.5. The molecule has 0 radical (unpaired) electrons. The summed E-state index contributed by atoms with van der Waals surface area (Å²) in [5.41, 5.74) is 4.12. The van der Waals surface area contributed by atoms with Crippen LogP contribution in [0.1, 0.15) is 43.4 Å². The van der Waals surface area contributed by atoms with Crippen LogP contribution in [0.25, 0.3) is 11.3 Å². The van der Waals surface area contributed by atoms with Crippen molar-refractivity contribution in [3.8, 4) is 11.3 Å². The Bertz CT molecular complexity index is 1080. The number of aldehydes is 1. The highest BCUT2D eigenvalue weighted by Crippen LogP contribution is 2.32. The van der Waals surface area contributed by atoms with Crippen LogP contribution in [-0.4, -0.2) is 52.3 Å². The molecule has 3 aromatic rings. The summed E-state index contributed by atoms with van der Waals surface area (Å²) in [6.07, 6.45) is 11.2. The zero-order valence-corrected chi connectivity index (χ0v) is 19.0. The van der Waals surface area contributed by atoms with Crippen LogP contribution in [0.15, 0.2) is 41.3 Å². The molecule has 0 atom stereocenters. The summed E-state index contributed by atoms with van der Waals surface area (Å²) in [6.45, 7) is 2.00. The Labute approximate surface area is 194 Å². The maximum Gasteiger partial charge on any atom is 0.229 e. The second-order valence-electron chi connectivity index (χ2n) is 8.92. The van der Waals surface area contributed by atoms with Crippen molar-refractivity contribution in [2.45, 2.75) is 51.1 Å². The first kappa shape index (κ1) is 21.6. The van der Waals surface area contributed by atoms with Crippen molar-refractivity contribution in [3.63, 3.8) is 0 Å². The van der Waals surface area contributed by atoms with Crippen molar-refractivity contribution in [3.05, 3.63) is 48.1 Å². The standard InChI is InChI=1S/C25H30N6O2/c1-30(20-5-3-2-4-6-20)24-21-16-31(13-14-32)12-11-22(21)28-25(29-24)27-19-9-7-18(8-10-19)23-15-26-17-33-23/h7-10,14-15,17,20H,2-6,11-13,16H2,1H3,(H,27,28,29).